The summed E-state index contributed by atoms with van der Waals surface area (Å²) in [6, 6.07) is 0. The summed E-state index contributed by atoms with van der Waals surface area (Å²) in [6.45, 7) is 7.20. The number of aliphatic imine (C=N–C) groups is 1. The van der Waals surface area contributed by atoms with Crippen molar-refractivity contribution in [2.75, 3.05) is 26.7 Å². The fourth-order valence-electron chi connectivity index (χ4n) is 4.49. The Morgan fingerprint density at radius 3 is 2.52 bits per heavy atom. The van der Waals surface area contributed by atoms with E-state index < -0.39 is 0 Å². The molecule has 27 heavy (non-hydrogen) atoms. The molecular weight excluding hydrogens is 453 g/mol. The van der Waals surface area contributed by atoms with E-state index in [9.17, 15) is 0 Å². The van der Waals surface area contributed by atoms with Gasteiger partial charge in [0, 0.05) is 39.0 Å². The highest BCUT2D eigenvalue weighted by atomic mass is 127. The Hall–Kier alpha value is -0.860. The second kappa shape index (κ2) is 10.6. The van der Waals surface area contributed by atoms with Gasteiger partial charge in [-0.05, 0) is 31.1 Å². The van der Waals surface area contributed by atoms with E-state index in [1.807, 2.05) is 7.05 Å². The van der Waals surface area contributed by atoms with Crippen molar-refractivity contribution in [2.45, 2.75) is 77.6 Å². The molecular formula is C20H36IN5O. The standard InChI is InChI=1S/C20H35N5O.HI/c1-16(2)18-23-17(26-24-18)9-13-22-19(21-3)25-14-8-12-20(15-25)10-6-4-5-7-11-20;/h16H,4-15H2,1-3H3,(H,21,22);1H. The third-order valence-corrected chi connectivity index (χ3v) is 5.96. The summed E-state index contributed by atoms with van der Waals surface area (Å²) in [4.78, 5) is 11.5. The van der Waals surface area contributed by atoms with Crippen LogP contribution in [0.5, 0.6) is 0 Å². The van der Waals surface area contributed by atoms with Gasteiger partial charge in [-0.1, -0.05) is 44.7 Å². The zero-order valence-corrected chi connectivity index (χ0v) is 19.5. The number of nitrogens with one attached hydrogen (secondary N) is 1. The van der Waals surface area contributed by atoms with E-state index >= 15 is 0 Å². The Balaban J connectivity index is 0.00000261. The smallest absolute Gasteiger partial charge is 0.228 e. The van der Waals surface area contributed by atoms with Crippen LogP contribution in [0.4, 0.5) is 0 Å². The zero-order valence-electron chi connectivity index (χ0n) is 17.2. The molecule has 0 atom stereocenters. The minimum Gasteiger partial charge on any atom is -0.356 e. The fourth-order valence-corrected chi connectivity index (χ4v) is 4.49. The van der Waals surface area contributed by atoms with Crippen molar-refractivity contribution >= 4 is 29.9 Å². The third-order valence-electron chi connectivity index (χ3n) is 5.96. The molecule has 0 bridgehead atoms. The largest absolute Gasteiger partial charge is 0.356 e. The molecule has 0 radical (unpaired) electrons. The normalized spacial score (nSPS) is 20.4. The SMILES string of the molecule is CN=C(NCCc1nc(C(C)C)no1)N1CCCC2(CCCCCC2)C1.I. The molecule has 3 rings (SSSR count). The Bertz CT molecular complexity index is 593. The van der Waals surface area contributed by atoms with Crippen molar-refractivity contribution in [2.24, 2.45) is 10.4 Å². The monoisotopic (exact) mass is 489 g/mol. The molecule has 1 aliphatic carbocycles. The van der Waals surface area contributed by atoms with Crippen LogP contribution in [-0.4, -0.2) is 47.7 Å². The van der Waals surface area contributed by atoms with E-state index in [1.54, 1.807) is 0 Å². The number of piperidine rings is 1. The number of likely N-dealkylation sites (tertiary alicyclic amines) is 1. The topological polar surface area (TPSA) is 66.5 Å². The number of hydrogen-bond donors (Lipinski definition) is 1. The van der Waals surface area contributed by atoms with Crippen LogP contribution in [0.2, 0.25) is 0 Å². The van der Waals surface area contributed by atoms with Crippen LogP contribution in [0.25, 0.3) is 0 Å². The van der Waals surface area contributed by atoms with Crippen LogP contribution in [0.15, 0.2) is 9.52 Å². The van der Waals surface area contributed by atoms with Crippen molar-refractivity contribution in [3.8, 4) is 0 Å². The molecule has 7 heteroatoms. The van der Waals surface area contributed by atoms with Crippen molar-refractivity contribution in [3.63, 3.8) is 0 Å². The molecule has 1 saturated heterocycles. The number of nitrogens with zero attached hydrogens (tertiary/aromatic N) is 4. The maximum Gasteiger partial charge on any atom is 0.228 e. The van der Waals surface area contributed by atoms with Gasteiger partial charge in [0.15, 0.2) is 11.8 Å². The van der Waals surface area contributed by atoms with E-state index in [-0.39, 0.29) is 24.0 Å². The Kier molecular flexibility index (Phi) is 8.82. The second-order valence-electron chi connectivity index (χ2n) is 8.36. The third kappa shape index (κ3) is 6.06. The molecule has 2 aliphatic rings. The lowest BCUT2D eigenvalue weighted by Gasteiger charge is -2.44. The summed E-state index contributed by atoms with van der Waals surface area (Å²) in [6.07, 6.45) is 11.8. The Morgan fingerprint density at radius 2 is 1.89 bits per heavy atom. The highest BCUT2D eigenvalue weighted by Crippen LogP contribution is 2.42. The maximum absolute atomic E-state index is 5.34. The summed E-state index contributed by atoms with van der Waals surface area (Å²) >= 11 is 0. The number of aromatic nitrogens is 2. The van der Waals surface area contributed by atoms with Gasteiger partial charge < -0.3 is 14.7 Å². The zero-order chi connectivity index (χ0) is 18.4. The van der Waals surface area contributed by atoms with Crippen LogP contribution >= 0.6 is 24.0 Å². The predicted octanol–water partition coefficient (Wildman–Crippen LogP) is 4.37. The first kappa shape index (κ1) is 22.4. The molecule has 0 unspecified atom stereocenters. The molecule has 1 N–H and O–H groups in total. The lowest BCUT2D eigenvalue weighted by atomic mass is 9.74. The number of hydrogen-bond acceptors (Lipinski definition) is 4. The van der Waals surface area contributed by atoms with Gasteiger partial charge in [-0.25, -0.2) is 0 Å². The van der Waals surface area contributed by atoms with E-state index in [4.69, 9.17) is 4.52 Å². The molecule has 1 aromatic rings. The van der Waals surface area contributed by atoms with E-state index in [2.05, 4.69) is 39.2 Å². The summed E-state index contributed by atoms with van der Waals surface area (Å²) in [5, 5.41) is 7.55. The first-order valence-electron chi connectivity index (χ1n) is 10.4. The van der Waals surface area contributed by atoms with Crippen molar-refractivity contribution in [1.82, 2.24) is 20.4 Å². The van der Waals surface area contributed by atoms with Gasteiger partial charge in [0.25, 0.3) is 0 Å². The van der Waals surface area contributed by atoms with Gasteiger partial charge in [0.2, 0.25) is 5.89 Å². The fraction of sp³-hybridized carbons (Fsp3) is 0.850. The molecule has 2 heterocycles. The molecule has 1 aliphatic heterocycles. The van der Waals surface area contributed by atoms with Crippen LogP contribution < -0.4 is 5.32 Å². The first-order valence-corrected chi connectivity index (χ1v) is 10.4. The van der Waals surface area contributed by atoms with Gasteiger partial charge in [-0.2, -0.15) is 4.98 Å². The molecule has 0 aromatic carbocycles. The molecule has 2 fully saturated rings. The minimum atomic E-state index is 0. The van der Waals surface area contributed by atoms with E-state index in [0.717, 1.165) is 37.8 Å². The minimum absolute atomic E-state index is 0. The van der Waals surface area contributed by atoms with Gasteiger partial charge >= 0.3 is 0 Å². The van der Waals surface area contributed by atoms with Crippen molar-refractivity contribution in [3.05, 3.63) is 11.7 Å². The number of guanidine groups is 1. The molecule has 1 saturated carbocycles. The lowest BCUT2D eigenvalue weighted by molar-refractivity contribution is 0.115. The molecule has 1 spiro atoms. The second-order valence-corrected chi connectivity index (χ2v) is 8.36. The number of halogens is 1. The van der Waals surface area contributed by atoms with Gasteiger partial charge in [-0.15, -0.1) is 24.0 Å². The van der Waals surface area contributed by atoms with Gasteiger partial charge in [0.1, 0.15) is 0 Å². The van der Waals surface area contributed by atoms with Gasteiger partial charge in [-0.3, -0.25) is 4.99 Å². The van der Waals surface area contributed by atoms with E-state index in [1.165, 1.54) is 51.4 Å². The molecule has 1 aromatic heterocycles. The molecule has 154 valence electrons. The first-order chi connectivity index (χ1) is 12.6. The van der Waals surface area contributed by atoms with Crippen molar-refractivity contribution < 1.29 is 4.52 Å². The van der Waals surface area contributed by atoms with Gasteiger partial charge in [0.05, 0.1) is 0 Å². The Labute approximate surface area is 181 Å². The molecule has 6 nitrogen and oxygen atoms in total. The quantitative estimate of drug-likeness (QED) is 0.387. The van der Waals surface area contributed by atoms with Crippen LogP contribution in [-0.2, 0) is 6.42 Å². The summed E-state index contributed by atoms with van der Waals surface area (Å²) < 4.78 is 5.34. The maximum atomic E-state index is 5.34. The predicted molar refractivity (Wildman–Crippen MR) is 120 cm³/mol. The van der Waals surface area contributed by atoms with Crippen molar-refractivity contribution in [1.29, 1.82) is 0 Å². The summed E-state index contributed by atoms with van der Waals surface area (Å²) in [5.41, 5.74) is 0.519. The average molecular weight is 489 g/mol. The summed E-state index contributed by atoms with van der Waals surface area (Å²) in [7, 11) is 1.89. The highest BCUT2D eigenvalue weighted by molar-refractivity contribution is 14.0. The van der Waals surface area contributed by atoms with E-state index in [0.29, 0.717) is 17.2 Å². The lowest BCUT2D eigenvalue weighted by Crippen LogP contribution is -2.50. The summed E-state index contributed by atoms with van der Waals surface area (Å²) in [5.74, 6) is 2.82. The van der Waals surface area contributed by atoms with Crippen LogP contribution in [0.3, 0.4) is 0 Å². The van der Waals surface area contributed by atoms with Crippen LogP contribution in [0, 0.1) is 5.41 Å². The number of rotatable bonds is 4. The molecule has 0 amide bonds. The average Bonchev–Trinajstić information content (AvgIpc) is 3.01. The van der Waals surface area contributed by atoms with Crippen LogP contribution in [0.1, 0.15) is 82.8 Å². The highest BCUT2D eigenvalue weighted by Gasteiger charge is 2.36. The Morgan fingerprint density at radius 1 is 1.19 bits per heavy atom.